The summed E-state index contributed by atoms with van der Waals surface area (Å²) >= 11 is 0. The molecule has 1 atom stereocenters. The molecule has 3 heteroatoms. The van der Waals surface area contributed by atoms with Gasteiger partial charge in [-0.2, -0.15) is 0 Å². The first-order valence-corrected chi connectivity index (χ1v) is 5.31. The molecular formula is C13H17NO2. The van der Waals surface area contributed by atoms with Crippen molar-refractivity contribution in [2.24, 2.45) is 5.73 Å². The van der Waals surface area contributed by atoms with Gasteiger partial charge in [-0.15, -0.1) is 0 Å². The third kappa shape index (κ3) is 4.28. The van der Waals surface area contributed by atoms with Crippen LogP contribution in [0.5, 0.6) is 0 Å². The Labute approximate surface area is 95.9 Å². The van der Waals surface area contributed by atoms with Crippen molar-refractivity contribution in [2.45, 2.75) is 18.9 Å². The number of nitrogens with two attached hydrogens (primary N) is 1. The molecule has 0 amide bonds. The summed E-state index contributed by atoms with van der Waals surface area (Å²) in [5, 5.41) is 0. The van der Waals surface area contributed by atoms with E-state index in [-0.39, 0.29) is 12.6 Å². The number of hydrogen-bond donors (Lipinski definition) is 1. The molecule has 0 unspecified atom stereocenters. The van der Waals surface area contributed by atoms with Gasteiger partial charge < -0.3 is 10.5 Å². The van der Waals surface area contributed by atoms with Gasteiger partial charge in [-0.3, -0.25) is 4.79 Å². The molecule has 0 fully saturated rings. The van der Waals surface area contributed by atoms with Crippen LogP contribution in [-0.4, -0.2) is 18.6 Å². The van der Waals surface area contributed by atoms with Crippen molar-refractivity contribution < 1.29 is 9.53 Å². The van der Waals surface area contributed by atoms with Crippen LogP contribution in [0.3, 0.4) is 0 Å². The highest BCUT2D eigenvalue weighted by atomic mass is 16.5. The van der Waals surface area contributed by atoms with Crippen molar-refractivity contribution in [3.63, 3.8) is 0 Å². The first-order valence-electron chi connectivity index (χ1n) is 5.31. The van der Waals surface area contributed by atoms with Crippen molar-refractivity contribution >= 4 is 5.97 Å². The van der Waals surface area contributed by atoms with Crippen LogP contribution in [-0.2, 0) is 16.0 Å². The lowest BCUT2D eigenvalue weighted by molar-refractivity contribution is -0.144. The quantitative estimate of drug-likeness (QED) is 0.585. The third-order valence-electron chi connectivity index (χ3n) is 2.23. The van der Waals surface area contributed by atoms with Crippen molar-refractivity contribution in [1.29, 1.82) is 0 Å². The minimum absolute atomic E-state index is 0.220. The molecule has 0 aromatic heterocycles. The molecule has 1 aromatic carbocycles. The van der Waals surface area contributed by atoms with E-state index in [1.165, 1.54) is 11.6 Å². The van der Waals surface area contributed by atoms with Gasteiger partial charge in [-0.05, 0) is 18.4 Å². The lowest BCUT2D eigenvalue weighted by atomic mass is 10.1. The van der Waals surface area contributed by atoms with Crippen LogP contribution < -0.4 is 5.73 Å². The zero-order valence-corrected chi connectivity index (χ0v) is 9.26. The average molecular weight is 219 g/mol. The summed E-state index contributed by atoms with van der Waals surface area (Å²) in [6.07, 6.45) is 2.91. The fraction of sp³-hybridized carbons (Fsp3) is 0.308. The Bertz CT molecular complexity index is 335. The molecule has 0 spiro atoms. The second-order valence-corrected chi connectivity index (χ2v) is 3.55. The van der Waals surface area contributed by atoms with E-state index in [1.54, 1.807) is 0 Å². The van der Waals surface area contributed by atoms with Crippen molar-refractivity contribution in [1.82, 2.24) is 0 Å². The minimum Gasteiger partial charge on any atom is -0.460 e. The van der Waals surface area contributed by atoms with Gasteiger partial charge in [0.15, 0.2) is 0 Å². The lowest BCUT2D eigenvalue weighted by Gasteiger charge is -2.10. The summed E-state index contributed by atoms with van der Waals surface area (Å²) in [5.74, 6) is -0.365. The van der Waals surface area contributed by atoms with Crippen LogP contribution in [0.25, 0.3) is 0 Å². The number of esters is 1. The fourth-order valence-corrected chi connectivity index (χ4v) is 1.33. The largest absolute Gasteiger partial charge is 0.460 e. The molecule has 2 N–H and O–H groups in total. The van der Waals surface area contributed by atoms with Gasteiger partial charge in [0.1, 0.15) is 12.6 Å². The summed E-state index contributed by atoms with van der Waals surface area (Å²) in [7, 11) is 0. The summed E-state index contributed by atoms with van der Waals surface area (Å²) in [6, 6.07) is 9.37. The Morgan fingerprint density at radius 1 is 1.44 bits per heavy atom. The first kappa shape index (κ1) is 12.5. The van der Waals surface area contributed by atoms with Gasteiger partial charge in [0.25, 0.3) is 0 Å². The molecule has 0 bridgehead atoms. The van der Waals surface area contributed by atoms with Crippen LogP contribution in [0.1, 0.15) is 12.0 Å². The second-order valence-electron chi connectivity index (χ2n) is 3.55. The van der Waals surface area contributed by atoms with Crippen molar-refractivity contribution in [3.05, 3.63) is 48.6 Å². The number of hydrogen-bond acceptors (Lipinski definition) is 3. The van der Waals surface area contributed by atoms with Gasteiger partial charge in [0.05, 0.1) is 0 Å². The normalized spacial score (nSPS) is 11.8. The van der Waals surface area contributed by atoms with E-state index < -0.39 is 6.04 Å². The summed E-state index contributed by atoms with van der Waals surface area (Å²) in [6.45, 7) is 3.69. The van der Waals surface area contributed by atoms with Crippen LogP contribution in [0, 0.1) is 0 Å². The number of rotatable bonds is 6. The van der Waals surface area contributed by atoms with E-state index in [9.17, 15) is 4.79 Å². The second kappa shape index (κ2) is 6.80. The maximum Gasteiger partial charge on any atom is 0.323 e. The van der Waals surface area contributed by atoms with Crippen LogP contribution in [0.15, 0.2) is 43.0 Å². The molecule has 3 nitrogen and oxygen atoms in total. The van der Waals surface area contributed by atoms with Gasteiger partial charge >= 0.3 is 5.97 Å². The molecule has 0 aliphatic heterocycles. The topological polar surface area (TPSA) is 52.3 Å². The molecule has 0 heterocycles. The van der Waals surface area contributed by atoms with E-state index in [0.29, 0.717) is 6.42 Å². The van der Waals surface area contributed by atoms with Gasteiger partial charge in [-0.1, -0.05) is 43.0 Å². The Kier molecular flexibility index (Phi) is 5.29. The highest BCUT2D eigenvalue weighted by Gasteiger charge is 2.13. The molecule has 0 aliphatic carbocycles. The zero-order chi connectivity index (χ0) is 11.8. The SMILES string of the molecule is C=CCOC(=O)[C@@H](N)CCc1ccccc1. The maximum absolute atomic E-state index is 11.3. The molecule has 1 rings (SSSR count). The summed E-state index contributed by atoms with van der Waals surface area (Å²) in [5.41, 5.74) is 6.87. The molecule has 0 saturated carbocycles. The van der Waals surface area contributed by atoms with Gasteiger partial charge in [-0.25, -0.2) is 0 Å². The molecule has 86 valence electrons. The van der Waals surface area contributed by atoms with Crippen molar-refractivity contribution in [3.8, 4) is 0 Å². The smallest absolute Gasteiger partial charge is 0.323 e. The standard InChI is InChI=1S/C13H17NO2/c1-2-10-16-13(15)12(14)9-8-11-6-4-3-5-7-11/h2-7,12H,1,8-10,14H2/t12-/m0/s1. The molecule has 0 saturated heterocycles. The number of ether oxygens (including phenoxy) is 1. The molecule has 0 aliphatic rings. The zero-order valence-electron chi connectivity index (χ0n) is 9.26. The maximum atomic E-state index is 11.3. The van der Waals surface area contributed by atoms with Crippen LogP contribution >= 0.6 is 0 Å². The number of carbonyl (C=O) groups is 1. The Morgan fingerprint density at radius 2 is 2.12 bits per heavy atom. The highest BCUT2D eigenvalue weighted by molar-refractivity contribution is 5.75. The summed E-state index contributed by atoms with van der Waals surface area (Å²) in [4.78, 5) is 11.3. The molecular weight excluding hydrogens is 202 g/mol. The van der Waals surface area contributed by atoms with E-state index in [1.807, 2.05) is 30.3 Å². The summed E-state index contributed by atoms with van der Waals surface area (Å²) < 4.78 is 4.86. The van der Waals surface area contributed by atoms with E-state index in [2.05, 4.69) is 6.58 Å². The molecule has 1 aromatic rings. The van der Waals surface area contributed by atoms with Gasteiger partial charge in [0.2, 0.25) is 0 Å². The Balaban J connectivity index is 2.32. The minimum atomic E-state index is -0.555. The fourth-order valence-electron chi connectivity index (χ4n) is 1.33. The third-order valence-corrected chi connectivity index (χ3v) is 2.23. The highest BCUT2D eigenvalue weighted by Crippen LogP contribution is 2.04. The van der Waals surface area contributed by atoms with E-state index in [4.69, 9.17) is 10.5 Å². The van der Waals surface area contributed by atoms with Crippen LogP contribution in [0.4, 0.5) is 0 Å². The number of aryl methyl sites for hydroxylation is 1. The Hall–Kier alpha value is -1.61. The van der Waals surface area contributed by atoms with Gasteiger partial charge in [0, 0.05) is 0 Å². The number of carbonyl (C=O) groups excluding carboxylic acids is 1. The van der Waals surface area contributed by atoms with Crippen molar-refractivity contribution in [2.75, 3.05) is 6.61 Å². The monoisotopic (exact) mass is 219 g/mol. The predicted octanol–water partition coefficient (Wildman–Crippen LogP) is 1.68. The lowest BCUT2D eigenvalue weighted by Crippen LogP contribution is -2.32. The Morgan fingerprint density at radius 3 is 2.75 bits per heavy atom. The number of benzene rings is 1. The predicted molar refractivity (Wildman–Crippen MR) is 63.9 cm³/mol. The molecule has 16 heavy (non-hydrogen) atoms. The van der Waals surface area contributed by atoms with E-state index in [0.717, 1.165) is 6.42 Å². The average Bonchev–Trinajstić information content (AvgIpc) is 2.34. The molecule has 0 radical (unpaired) electrons. The first-order chi connectivity index (χ1) is 7.74. The van der Waals surface area contributed by atoms with E-state index >= 15 is 0 Å². The van der Waals surface area contributed by atoms with Crippen LogP contribution in [0.2, 0.25) is 0 Å².